The number of aliphatic imine (C=N–C) groups is 1. The Kier molecular flexibility index (Phi) is 7.70. The van der Waals surface area contributed by atoms with Crippen LogP contribution in [-0.4, -0.2) is 42.4 Å². The van der Waals surface area contributed by atoms with Crippen LogP contribution >= 0.6 is 0 Å². The molecule has 1 aliphatic heterocycles. The van der Waals surface area contributed by atoms with Gasteiger partial charge in [0.25, 0.3) is 0 Å². The van der Waals surface area contributed by atoms with Gasteiger partial charge in [0.15, 0.2) is 5.96 Å². The second kappa shape index (κ2) is 10.0. The summed E-state index contributed by atoms with van der Waals surface area (Å²) >= 11 is 0. The van der Waals surface area contributed by atoms with Crippen LogP contribution in [0.4, 0.5) is 4.39 Å². The van der Waals surface area contributed by atoms with Crippen LogP contribution in [0.1, 0.15) is 45.1 Å². The molecule has 0 radical (unpaired) electrons. The van der Waals surface area contributed by atoms with E-state index in [9.17, 15) is 9.18 Å². The maximum Gasteiger partial charge on any atom is 0.222 e. The van der Waals surface area contributed by atoms with Gasteiger partial charge in [-0.05, 0) is 43.9 Å². The Labute approximate surface area is 149 Å². The van der Waals surface area contributed by atoms with Crippen molar-refractivity contribution >= 4 is 11.9 Å². The first kappa shape index (κ1) is 19.2. The summed E-state index contributed by atoms with van der Waals surface area (Å²) in [6.07, 6.45) is 3.54. The highest BCUT2D eigenvalue weighted by Crippen LogP contribution is 2.17. The number of rotatable bonds is 8. The van der Waals surface area contributed by atoms with E-state index < -0.39 is 0 Å². The zero-order chi connectivity index (χ0) is 18.1. The summed E-state index contributed by atoms with van der Waals surface area (Å²) in [6.45, 7) is 7.07. The average molecular weight is 348 g/mol. The fourth-order valence-corrected chi connectivity index (χ4v) is 3.09. The molecule has 0 bridgehead atoms. The molecule has 0 aliphatic carbocycles. The number of amides is 1. The highest BCUT2D eigenvalue weighted by molar-refractivity contribution is 5.80. The van der Waals surface area contributed by atoms with E-state index in [1.54, 1.807) is 12.1 Å². The van der Waals surface area contributed by atoms with E-state index in [0.717, 1.165) is 50.4 Å². The van der Waals surface area contributed by atoms with Gasteiger partial charge in [0.05, 0.1) is 6.54 Å². The Bertz CT molecular complexity index is 573. The number of benzene rings is 1. The van der Waals surface area contributed by atoms with E-state index >= 15 is 0 Å². The first-order chi connectivity index (χ1) is 12.1. The Morgan fingerprint density at radius 2 is 2.04 bits per heavy atom. The Morgan fingerprint density at radius 3 is 2.64 bits per heavy atom. The largest absolute Gasteiger partial charge is 0.357 e. The zero-order valence-electron chi connectivity index (χ0n) is 15.2. The first-order valence-corrected chi connectivity index (χ1v) is 9.20. The van der Waals surface area contributed by atoms with Crippen molar-refractivity contribution in [1.29, 1.82) is 0 Å². The van der Waals surface area contributed by atoms with Crippen molar-refractivity contribution in [2.45, 2.75) is 52.1 Å². The minimum absolute atomic E-state index is 0.236. The van der Waals surface area contributed by atoms with Crippen LogP contribution < -0.4 is 10.6 Å². The Hall–Kier alpha value is -2.11. The predicted molar refractivity (Wildman–Crippen MR) is 98.9 cm³/mol. The molecule has 1 fully saturated rings. The van der Waals surface area contributed by atoms with Crippen LogP contribution in [0, 0.1) is 5.82 Å². The van der Waals surface area contributed by atoms with Crippen LogP contribution in [0.2, 0.25) is 0 Å². The zero-order valence-corrected chi connectivity index (χ0v) is 15.2. The number of nitrogens with zero attached hydrogens (tertiary/aromatic N) is 2. The molecule has 2 N–H and O–H groups in total. The van der Waals surface area contributed by atoms with Gasteiger partial charge in [-0.1, -0.05) is 19.1 Å². The maximum absolute atomic E-state index is 12.9. The number of nitrogens with one attached hydrogen (secondary N) is 2. The topological polar surface area (TPSA) is 56.7 Å². The van der Waals surface area contributed by atoms with Gasteiger partial charge in [0.2, 0.25) is 5.91 Å². The number of guanidine groups is 1. The van der Waals surface area contributed by atoms with Crippen molar-refractivity contribution in [1.82, 2.24) is 15.5 Å². The van der Waals surface area contributed by atoms with Gasteiger partial charge >= 0.3 is 0 Å². The van der Waals surface area contributed by atoms with Gasteiger partial charge in [0, 0.05) is 32.1 Å². The van der Waals surface area contributed by atoms with Crippen molar-refractivity contribution in [3.05, 3.63) is 35.6 Å². The summed E-state index contributed by atoms with van der Waals surface area (Å²) in [5.41, 5.74) is 0.965. The number of hydrogen-bond donors (Lipinski definition) is 2. The van der Waals surface area contributed by atoms with Crippen molar-refractivity contribution in [3.8, 4) is 0 Å². The molecule has 138 valence electrons. The van der Waals surface area contributed by atoms with Crippen LogP contribution in [0.25, 0.3) is 0 Å². The van der Waals surface area contributed by atoms with E-state index in [1.807, 2.05) is 11.8 Å². The van der Waals surface area contributed by atoms with Crippen LogP contribution in [0.3, 0.4) is 0 Å². The van der Waals surface area contributed by atoms with Gasteiger partial charge < -0.3 is 15.5 Å². The lowest BCUT2D eigenvalue weighted by atomic mass is 10.1. The van der Waals surface area contributed by atoms with Gasteiger partial charge in [-0.3, -0.25) is 4.79 Å². The molecule has 1 heterocycles. The molecule has 5 nitrogen and oxygen atoms in total. The lowest BCUT2D eigenvalue weighted by Gasteiger charge is -2.27. The average Bonchev–Trinajstić information content (AvgIpc) is 3.04. The molecule has 1 atom stereocenters. The molecule has 1 aromatic rings. The fourth-order valence-electron chi connectivity index (χ4n) is 3.09. The number of likely N-dealkylation sites (tertiary alicyclic amines) is 1. The molecule has 0 spiro atoms. The van der Waals surface area contributed by atoms with Crippen LogP contribution in [0.5, 0.6) is 0 Å². The molecule has 1 amide bonds. The molecule has 2 rings (SSSR count). The summed E-state index contributed by atoms with van der Waals surface area (Å²) in [6, 6.07) is 6.68. The Morgan fingerprint density at radius 1 is 1.28 bits per heavy atom. The highest BCUT2D eigenvalue weighted by atomic mass is 19.1. The normalized spacial score (nSPS) is 16.2. The predicted octanol–water partition coefficient (Wildman–Crippen LogP) is 2.67. The van der Waals surface area contributed by atoms with E-state index in [1.165, 1.54) is 12.1 Å². The molecular weight excluding hydrogens is 319 g/mol. The van der Waals surface area contributed by atoms with Gasteiger partial charge in [-0.15, -0.1) is 0 Å². The maximum atomic E-state index is 12.9. The number of halogens is 1. The van der Waals surface area contributed by atoms with E-state index in [2.05, 4.69) is 22.5 Å². The summed E-state index contributed by atoms with van der Waals surface area (Å²) < 4.78 is 12.9. The van der Waals surface area contributed by atoms with Crippen LogP contribution in [-0.2, 0) is 11.3 Å². The summed E-state index contributed by atoms with van der Waals surface area (Å²) in [5.74, 6) is 0.790. The molecule has 1 saturated heterocycles. The fraction of sp³-hybridized carbons (Fsp3) is 0.579. The van der Waals surface area contributed by atoms with E-state index in [0.29, 0.717) is 19.0 Å². The SMILES string of the molecule is CCNC(=NCc1ccc(F)cc1)NCCC(CC)N1CCCC1=O. The van der Waals surface area contributed by atoms with E-state index in [-0.39, 0.29) is 11.7 Å². The third-order valence-electron chi connectivity index (χ3n) is 4.47. The number of hydrogen-bond acceptors (Lipinski definition) is 2. The quantitative estimate of drug-likeness (QED) is 0.561. The van der Waals surface area contributed by atoms with Crippen molar-refractivity contribution in [3.63, 3.8) is 0 Å². The lowest BCUT2D eigenvalue weighted by molar-refractivity contribution is -0.129. The number of carbonyl (C=O) groups is 1. The molecule has 1 aliphatic rings. The smallest absolute Gasteiger partial charge is 0.222 e. The van der Waals surface area contributed by atoms with E-state index in [4.69, 9.17) is 0 Å². The molecule has 25 heavy (non-hydrogen) atoms. The summed E-state index contributed by atoms with van der Waals surface area (Å²) in [4.78, 5) is 18.5. The molecular formula is C19H29FN4O. The van der Waals surface area contributed by atoms with Gasteiger partial charge in [0.1, 0.15) is 5.82 Å². The number of carbonyl (C=O) groups excluding carboxylic acids is 1. The summed E-state index contributed by atoms with van der Waals surface area (Å²) in [7, 11) is 0. The van der Waals surface area contributed by atoms with Gasteiger partial charge in [-0.2, -0.15) is 0 Å². The van der Waals surface area contributed by atoms with Crippen molar-refractivity contribution < 1.29 is 9.18 Å². The first-order valence-electron chi connectivity index (χ1n) is 9.20. The molecule has 0 aromatic heterocycles. The molecule has 0 saturated carbocycles. The second-order valence-electron chi connectivity index (χ2n) is 6.29. The second-order valence-corrected chi connectivity index (χ2v) is 6.29. The third-order valence-corrected chi connectivity index (χ3v) is 4.47. The standard InChI is InChI=1S/C19H29FN4O/c1-3-17(24-13-5-6-18(24)25)11-12-22-19(21-4-2)23-14-15-7-9-16(20)10-8-15/h7-10,17H,3-6,11-14H2,1-2H3,(H2,21,22,23). The molecule has 1 unspecified atom stereocenters. The summed E-state index contributed by atoms with van der Waals surface area (Å²) in [5, 5.41) is 6.55. The molecule has 6 heteroatoms. The third kappa shape index (κ3) is 6.03. The van der Waals surface area contributed by atoms with Gasteiger partial charge in [-0.25, -0.2) is 9.38 Å². The minimum Gasteiger partial charge on any atom is -0.357 e. The monoisotopic (exact) mass is 348 g/mol. The minimum atomic E-state index is -0.236. The van der Waals surface area contributed by atoms with Crippen molar-refractivity contribution in [2.75, 3.05) is 19.6 Å². The van der Waals surface area contributed by atoms with Crippen LogP contribution in [0.15, 0.2) is 29.3 Å². The van der Waals surface area contributed by atoms with Crippen molar-refractivity contribution in [2.24, 2.45) is 4.99 Å². The highest BCUT2D eigenvalue weighted by Gasteiger charge is 2.26. The Balaban J connectivity index is 1.84. The lowest BCUT2D eigenvalue weighted by Crippen LogP contribution is -2.42. The molecule has 1 aromatic carbocycles.